The summed E-state index contributed by atoms with van der Waals surface area (Å²) in [6.07, 6.45) is 0. The molecule has 5 nitrogen and oxygen atoms in total. The first-order valence-corrected chi connectivity index (χ1v) is 7.76. The molecule has 3 aromatic rings. The first kappa shape index (κ1) is 15.0. The second kappa shape index (κ2) is 6.48. The molecule has 3 rings (SSSR count). The Hall–Kier alpha value is -1.89. The molecular formula is C14H8Cl2N2O3S. The van der Waals surface area contributed by atoms with E-state index in [1.807, 2.05) is 17.5 Å². The monoisotopic (exact) mass is 354 g/mol. The van der Waals surface area contributed by atoms with Gasteiger partial charge in [-0.2, -0.15) is 4.98 Å². The largest absolute Gasteiger partial charge is 0.452 e. The highest BCUT2D eigenvalue weighted by atomic mass is 35.5. The zero-order chi connectivity index (χ0) is 15.5. The number of ether oxygens (including phenoxy) is 1. The Morgan fingerprint density at radius 1 is 1.27 bits per heavy atom. The molecule has 0 aliphatic heterocycles. The second-order valence-electron chi connectivity index (χ2n) is 4.17. The standard InChI is InChI=1S/C14H8Cl2N2O3S/c15-9-4-1-3-8(12(9)16)14(19)20-7-11-17-13(18-21-11)10-5-2-6-22-10/h1-6H,7H2. The van der Waals surface area contributed by atoms with Crippen LogP contribution in [0.15, 0.2) is 40.2 Å². The molecule has 0 bridgehead atoms. The number of rotatable bonds is 4. The minimum atomic E-state index is -0.608. The van der Waals surface area contributed by atoms with Crippen LogP contribution < -0.4 is 0 Å². The number of carbonyl (C=O) groups excluding carboxylic acids is 1. The first-order chi connectivity index (χ1) is 10.6. The van der Waals surface area contributed by atoms with Crippen molar-refractivity contribution in [1.29, 1.82) is 0 Å². The molecule has 2 aromatic heterocycles. The van der Waals surface area contributed by atoms with Gasteiger partial charge in [-0.1, -0.05) is 40.5 Å². The lowest BCUT2D eigenvalue weighted by Crippen LogP contribution is -2.06. The number of esters is 1. The quantitative estimate of drug-likeness (QED) is 0.647. The average Bonchev–Trinajstić information content (AvgIpc) is 3.18. The number of carbonyl (C=O) groups is 1. The third kappa shape index (κ3) is 3.14. The predicted molar refractivity (Wildman–Crippen MR) is 83.2 cm³/mol. The summed E-state index contributed by atoms with van der Waals surface area (Å²) >= 11 is 13.3. The fraction of sp³-hybridized carbons (Fsp3) is 0.0714. The van der Waals surface area contributed by atoms with Gasteiger partial charge in [0.1, 0.15) is 0 Å². The Balaban J connectivity index is 1.68. The number of hydrogen-bond donors (Lipinski definition) is 0. The van der Waals surface area contributed by atoms with Crippen molar-refractivity contribution in [2.24, 2.45) is 0 Å². The molecule has 0 saturated carbocycles. The third-order valence-corrected chi connectivity index (χ3v) is 4.39. The smallest absolute Gasteiger partial charge is 0.340 e. The molecule has 1 aromatic carbocycles. The summed E-state index contributed by atoms with van der Waals surface area (Å²) in [7, 11) is 0. The number of aromatic nitrogens is 2. The SMILES string of the molecule is O=C(OCc1nc(-c2cccs2)no1)c1cccc(Cl)c1Cl. The molecule has 0 spiro atoms. The van der Waals surface area contributed by atoms with Gasteiger partial charge in [0.15, 0.2) is 6.61 Å². The molecule has 0 fully saturated rings. The summed E-state index contributed by atoms with van der Waals surface area (Å²) in [5.41, 5.74) is 0.187. The lowest BCUT2D eigenvalue weighted by atomic mass is 10.2. The van der Waals surface area contributed by atoms with Crippen molar-refractivity contribution in [1.82, 2.24) is 10.1 Å². The van der Waals surface area contributed by atoms with Crippen LogP contribution in [0.3, 0.4) is 0 Å². The van der Waals surface area contributed by atoms with Crippen molar-refractivity contribution in [2.45, 2.75) is 6.61 Å². The zero-order valence-corrected chi connectivity index (χ0v) is 13.3. The van der Waals surface area contributed by atoms with Crippen molar-refractivity contribution in [3.05, 3.63) is 57.2 Å². The maximum Gasteiger partial charge on any atom is 0.340 e. The van der Waals surface area contributed by atoms with Crippen molar-refractivity contribution >= 4 is 40.5 Å². The maximum absolute atomic E-state index is 12.0. The molecule has 0 radical (unpaired) electrons. The minimum absolute atomic E-state index is 0.139. The van der Waals surface area contributed by atoms with E-state index < -0.39 is 5.97 Å². The van der Waals surface area contributed by atoms with Gasteiger partial charge in [-0.25, -0.2) is 4.79 Å². The van der Waals surface area contributed by atoms with E-state index >= 15 is 0 Å². The molecule has 0 atom stereocenters. The van der Waals surface area contributed by atoms with E-state index in [1.54, 1.807) is 12.1 Å². The van der Waals surface area contributed by atoms with Crippen LogP contribution in [-0.2, 0) is 11.3 Å². The van der Waals surface area contributed by atoms with Crippen LogP contribution in [0.25, 0.3) is 10.7 Å². The molecular weight excluding hydrogens is 347 g/mol. The Morgan fingerprint density at radius 2 is 2.14 bits per heavy atom. The van der Waals surface area contributed by atoms with Gasteiger partial charge in [-0.05, 0) is 23.6 Å². The molecule has 8 heteroatoms. The van der Waals surface area contributed by atoms with Gasteiger partial charge in [0, 0.05) is 0 Å². The lowest BCUT2D eigenvalue weighted by Gasteiger charge is -2.04. The van der Waals surface area contributed by atoms with Crippen LogP contribution >= 0.6 is 34.5 Å². The molecule has 0 aliphatic rings. The maximum atomic E-state index is 12.0. The molecule has 0 saturated heterocycles. The van der Waals surface area contributed by atoms with Crippen LogP contribution in [0, 0.1) is 0 Å². The number of nitrogens with zero attached hydrogens (tertiary/aromatic N) is 2. The fourth-order valence-corrected chi connectivity index (χ4v) is 2.71. The number of thiophene rings is 1. The highest BCUT2D eigenvalue weighted by Gasteiger charge is 2.16. The highest BCUT2D eigenvalue weighted by molar-refractivity contribution is 7.13. The summed E-state index contributed by atoms with van der Waals surface area (Å²) in [4.78, 5) is 17.0. The summed E-state index contributed by atoms with van der Waals surface area (Å²) in [5.74, 6) is 0.0557. The third-order valence-electron chi connectivity index (χ3n) is 2.71. The van der Waals surface area contributed by atoms with E-state index in [4.69, 9.17) is 32.5 Å². The van der Waals surface area contributed by atoms with Crippen LogP contribution in [0.2, 0.25) is 10.0 Å². The molecule has 0 unspecified atom stereocenters. The lowest BCUT2D eigenvalue weighted by molar-refractivity contribution is 0.0430. The second-order valence-corrected chi connectivity index (χ2v) is 5.90. The van der Waals surface area contributed by atoms with Crippen molar-refractivity contribution in [3.63, 3.8) is 0 Å². The van der Waals surface area contributed by atoms with Gasteiger partial charge in [-0.15, -0.1) is 11.3 Å². The van der Waals surface area contributed by atoms with Gasteiger partial charge < -0.3 is 9.26 Å². The first-order valence-electron chi connectivity index (χ1n) is 6.13. The Kier molecular flexibility index (Phi) is 4.42. The summed E-state index contributed by atoms with van der Waals surface area (Å²) in [6, 6.07) is 8.49. The van der Waals surface area contributed by atoms with E-state index in [0.717, 1.165) is 4.88 Å². The molecule has 0 N–H and O–H groups in total. The van der Waals surface area contributed by atoms with Crippen LogP contribution in [0.5, 0.6) is 0 Å². The molecule has 0 amide bonds. The van der Waals surface area contributed by atoms with Gasteiger partial charge in [-0.3, -0.25) is 0 Å². The zero-order valence-electron chi connectivity index (χ0n) is 11.0. The fourth-order valence-electron chi connectivity index (χ4n) is 1.69. The summed E-state index contributed by atoms with van der Waals surface area (Å²) in [5, 5.41) is 6.17. The molecule has 112 valence electrons. The van der Waals surface area contributed by atoms with Gasteiger partial charge in [0.2, 0.25) is 5.82 Å². The van der Waals surface area contributed by atoms with Crippen LogP contribution in [-0.4, -0.2) is 16.1 Å². The summed E-state index contributed by atoms with van der Waals surface area (Å²) < 4.78 is 10.1. The van der Waals surface area contributed by atoms with Gasteiger partial charge >= 0.3 is 5.97 Å². The van der Waals surface area contributed by atoms with E-state index in [-0.39, 0.29) is 28.1 Å². The van der Waals surface area contributed by atoms with Crippen molar-refractivity contribution < 1.29 is 14.1 Å². The van der Waals surface area contributed by atoms with Gasteiger partial charge in [0.05, 0.1) is 20.5 Å². The number of halogens is 2. The average molecular weight is 355 g/mol. The van der Waals surface area contributed by atoms with E-state index in [2.05, 4.69) is 10.1 Å². The van der Waals surface area contributed by atoms with E-state index in [0.29, 0.717) is 5.82 Å². The minimum Gasteiger partial charge on any atom is -0.452 e. The Morgan fingerprint density at radius 3 is 2.91 bits per heavy atom. The summed E-state index contributed by atoms with van der Waals surface area (Å²) in [6.45, 7) is -0.139. The van der Waals surface area contributed by atoms with Crippen LogP contribution in [0.1, 0.15) is 16.2 Å². The normalized spacial score (nSPS) is 10.6. The van der Waals surface area contributed by atoms with Crippen molar-refractivity contribution in [2.75, 3.05) is 0 Å². The number of hydrogen-bond acceptors (Lipinski definition) is 6. The molecule has 0 aliphatic carbocycles. The molecule has 22 heavy (non-hydrogen) atoms. The number of benzene rings is 1. The molecule has 2 heterocycles. The van der Waals surface area contributed by atoms with Crippen molar-refractivity contribution in [3.8, 4) is 10.7 Å². The predicted octanol–water partition coefficient (Wildman–Crippen LogP) is 4.46. The van der Waals surface area contributed by atoms with Crippen LogP contribution in [0.4, 0.5) is 0 Å². The highest BCUT2D eigenvalue weighted by Crippen LogP contribution is 2.26. The topological polar surface area (TPSA) is 65.2 Å². The Labute approximate surface area is 139 Å². The van der Waals surface area contributed by atoms with Gasteiger partial charge in [0.25, 0.3) is 5.89 Å². The van der Waals surface area contributed by atoms with E-state index in [9.17, 15) is 4.79 Å². The van der Waals surface area contributed by atoms with E-state index in [1.165, 1.54) is 17.4 Å². The Bertz CT molecular complexity index is 802.